The Kier molecular flexibility index (Phi) is 5.85. The van der Waals surface area contributed by atoms with Gasteiger partial charge in [0, 0.05) is 30.9 Å². The fraction of sp³-hybridized carbons (Fsp3) is 0.579. The Labute approximate surface area is 154 Å². The molecule has 26 heavy (non-hydrogen) atoms. The van der Waals surface area contributed by atoms with Crippen molar-refractivity contribution in [2.75, 3.05) is 32.1 Å². The van der Waals surface area contributed by atoms with E-state index in [1.54, 1.807) is 19.2 Å². The van der Waals surface area contributed by atoms with E-state index < -0.39 is 0 Å². The number of rotatable bonds is 8. The number of likely N-dealkylation sites (tertiary alicyclic amines) is 1. The van der Waals surface area contributed by atoms with Gasteiger partial charge in [-0.15, -0.1) is 0 Å². The van der Waals surface area contributed by atoms with Gasteiger partial charge in [-0.05, 0) is 44.7 Å². The molecule has 0 radical (unpaired) electrons. The van der Waals surface area contributed by atoms with E-state index in [0.717, 1.165) is 44.5 Å². The number of amides is 2. The highest BCUT2D eigenvalue weighted by Crippen LogP contribution is 2.30. The molecule has 2 amide bonds. The van der Waals surface area contributed by atoms with Crippen LogP contribution in [0.15, 0.2) is 18.2 Å². The van der Waals surface area contributed by atoms with Crippen molar-refractivity contribution in [1.29, 1.82) is 0 Å². The first kappa shape index (κ1) is 18.4. The third-order valence-electron chi connectivity index (χ3n) is 4.64. The van der Waals surface area contributed by atoms with Gasteiger partial charge < -0.3 is 25.0 Å². The predicted octanol–water partition coefficient (Wildman–Crippen LogP) is 1.78. The average Bonchev–Trinajstić information content (AvgIpc) is 3.28. The lowest BCUT2D eigenvalue weighted by atomic mass is 10.2. The molecule has 1 aromatic rings. The highest BCUT2D eigenvalue weighted by atomic mass is 16.5. The van der Waals surface area contributed by atoms with Crippen molar-refractivity contribution < 1.29 is 19.1 Å². The lowest BCUT2D eigenvalue weighted by Gasteiger charge is -2.22. The van der Waals surface area contributed by atoms with Crippen LogP contribution in [0.5, 0.6) is 11.5 Å². The zero-order valence-corrected chi connectivity index (χ0v) is 15.4. The van der Waals surface area contributed by atoms with Crippen LogP contribution in [0, 0.1) is 0 Å². The molecule has 1 aliphatic heterocycles. The van der Waals surface area contributed by atoms with Gasteiger partial charge in [0.2, 0.25) is 5.91 Å². The molecule has 1 saturated carbocycles. The van der Waals surface area contributed by atoms with E-state index in [1.807, 2.05) is 17.9 Å². The third-order valence-corrected chi connectivity index (χ3v) is 4.64. The molecular weight excluding hydrogens is 334 g/mol. The molecule has 3 rings (SSSR count). The highest BCUT2D eigenvalue weighted by molar-refractivity contribution is 5.84. The minimum absolute atomic E-state index is 0.0570. The number of anilines is 1. The normalized spacial score (nSPS) is 17.5. The van der Waals surface area contributed by atoms with Crippen LogP contribution in [0.4, 0.5) is 5.69 Å². The number of ether oxygens (including phenoxy) is 2. The van der Waals surface area contributed by atoms with Crippen molar-refractivity contribution in [3.63, 3.8) is 0 Å². The Hall–Kier alpha value is -2.44. The summed E-state index contributed by atoms with van der Waals surface area (Å²) in [6.07, 6.45) is 4.22. The molecular formula is C19H27N3O4. The number of carbonyl (C=O) groups excluding carboxylic acids is 2. The van der Waals surface area contributed by atoms with Crippen LogP contribution in [0.1, 0.15) is 32.6 Å². The first-order valence-corrected chi connectivity index (χ1v) is 9.22. The average molecular weight is 361 g/mol. The lowest BCUT2D eigenvalue weighted by Crippen LogP contribution is -2.39. The van der Waals surface area contributed by atoms with Crippen molar-refractivity contribution in [1.82, 2.24) is 10.2 Å². The Morgan fingerprint density at radius 2 is 1.96 bits per heavy atom. The second-order valence-electron chi connectivity index (χ2n) is 6.89. The van der Waals surface area contributed by atoms with Gasteiger partial charge in [-0.3, -0.25) is 9.59 Å². The van der Waals surface area contributed by atoms with Crippen LogP contribution in [-0.2, 0) is 9.59 Å². The van der Waals surface area contributed by atoms with E-state index in [4.69, 9.17) is 9.47 Å². The first-order chi connectivity index (χ1) is 12.6. The van der Waals surface area contributed by atoms with Gasteiger partial charge in [0.1, 0.15) is 6.04 Å². The molecule has 0 bridgehead atoms. The fourth-order valence-corrected chi connectivity index (χ4v) is 3.04. The molecule has 1 atom stereocenters. The van der Waals surface area contributed by atoms with Gasteiger partial charge >= 0.3 is 0 Å². The number of methoxy groups -OCH3 is 1. The Bertz CT molecular complexity index is 654. The number of carbonyl (C=O) groups is 2. The Morgan fingerprint density at radius 1 is 1.23 bits per heavy atom. The topological polar surface area (TPSA) is 79.9 Å². The Balaban J connectivity index is 1.59. The summed E-state index contributed by atoms with van der Waals surface area (Å²) in [5.41, 5.74) is 0.753. The van der Waals surface area contributed by atoms with Gasteiger partial charge in [-0.1, -0.05) is 0 Å². The minimum atomic E-state index is -0.326. The van der Waals surface area contributed by atoms with Crippen molar-refractivity contribution >= 4 is 17.5 Å². The maximum atomic E-state index is 12.4. The second kappa shape index (κ2) is 8.29. The van der Waals surface area contributed by atoms with E-state index in [0.29, 0.717) is 17.5 Å². The lowest BCUT2D eigenvalue weighted by molar-refractivity contribution is -0.130. The molecule has 142 valence electrons. The third kappa shape index (κ3) is 4.80. The van der Waals surface area contributed by atoms with E-state index in [1.165, 1.54) is 0 Å². The molecule has 0 spiro atoms. The number of nitrogens with zero attached hydrogens (tertiary/aromatic N) is 1. The quantitative estimate of drug-likeness (QED) is 0.738. The largest absolute Gasteiger partial charge is 0.493 e. The number of hydrogen-bond acceptors (Lipinski definition) is 5. The van der Waals surface area contributed by atoms with Crippen molar-refractivity contribution in [3.8, 4) is 11.5 Å². The molecule has 1 aromatic carbocycles. The molecule has 1 saturated heterocycles. The summed E-state index contributed by atoms with van der Waals surface area (Å²) in [6, 6.07) is 5.34. The summed E-state index contributed by atoms with van der Waals surface area (Å²) in [4.78, 5) is 26.1. The molecule has 7 nitrogen and oxygen atoms in total. The fourth-order valence-electron chi connectivity index (χ4n) is 3.04. The molecule has 1 aliphatic carbocycles. The molecule has 2 fully saturated rings. The molecule has 1 heterocycles. The minimum Gasteiger partial charge on any atom is -0.493 e. The zero-order chi connectivity index (χ0) is 18.5. The van der Waals surface area contributed by atoms with Gasteiger partial charge in [0.15, 0.2) is 18.1 Å². The maximum Gasteiger partial charge on any atom is 0.258 e. The van der Waals surface area contributed by atoms with E-state index in [-0.39, 0.29) is 24.5 Å². The number of nitrogens with one attached hydrogen (secondary N) is 2. The van der Waals surface area contributed by atoms with Gasteiger partial charge in [-0.25, -0.2) is 0 Å². The van der Waals surface area contributed by atoms with Crippen molar-refractivity contribution in [2.24, 2.45) is 0 Å². The first-order valence-electron chi connectivity index (χ1n) is 9.22. The summed E-state index contributed by atoms with van der Waals surface area (Å²) >= 11 is 0. The molecule has 7 heteroatoms. The van der Waals surface area contributed by atoms with E-state index in [9.17, 15) is 9.59 Å². The van der Waals surface area contributed by atoms with E-state index >= 15 is 0 Å². The smallest absolute Gasteiger partial charge is 0.258 e. The maximum absolute atomic E-state index is 12.4. The van der Waals surface area contributed by atoms with E-state index in [2.05, 4.69) is 10.6 Å². The molecule has 2 N–H and O–H groups in total. The van der Waals surface area contributed by atoms with Gasteiger partial charge in [0.25, 0.3) is 5.91 Å². The van der Waals surface area contributed by atoms with Crippen LogP contribution in [-0.4, -0.2) is 55.6 Å². The summed E-state index contributed by atoms with van der Waals surface area (Å²) in [6.45, 7) is 3.46. The van der Waals surface area contributed by atoms with Crippen molar-refractivity contribution in [3.05, 3.63) is 18.2 Å². The summed E-state index contributed by atoms with van der Waals surface area (Å²) in [5.74, 6) is 0.993. The van der Waals surface area contributed by atoms with Crippen LogP contribution in [0.25, 0.3) is 0 Å². The summed E-state index contributed by atoms with van der Waals surface area (Å²) in [7, 11) is 1.55. The molecule has 2 aliphatic rings. The summed E-state index contributed by atoms with van der Waals surface area (Å²) < 4.78 is 10.9. The van der Waals surface area contributed by atoms with Crippen LogP contribution < -0.4 is 20.1 Å². The van der Waals surface area contributed by atoms with Crippen LogP contribution in [0.2, 0.25) is 0 Å². The summed E-state index contributed by atoms with van der Waals surface area (Å²) in [5, 5.41) is 6.10. The second-order valence-corrected chi connectivity index (χ2v) is 6.89. The van der Waals surface area contributed by atoms with Gasteiger partial charge in [0.05, 0.1) is 7.11 Å². The predicted molar refractivity (Wildman–Crippen MR) is 98.6 cm³/mol. The SMILES string of the molecule is COc1ccc(N[C@H](C)C(=O)N2CCCC2)cc1OCC(=O)NC1CC1. The number of hydrogen-bond donors (Lipinski definition) is 2. The monoisotopic (exact) mass is 361 g/mol. The highest BCUT2D eigenvalue weighted by Gasteiger charge is 2.24. The van der Waals surface area contributed by atoms with Crippen LogP contribution >= 0.6 is 0 Å². The van der Waals surface area contributed by atoms with Gasteiger partial charge in [-0.2, -0.15) is 0 Å². The number of benzene rings is 1. The zero-order valence-electron chi connectivity index (χ0n) is 15.4. The Morgan fingerprint density at radius 3 is 2.62 bits per heavy atom. The molecule has 0 unspecified atom stereocenters. The molecule has 0 aromatic heterocycles. The van der Waals surface area contributed by atoms with Crippen LogP contribution in [0.3, 0.4) is 0 Å². The van der Waals surface area contributed by atoms with Crippen molar-refractivity contribution in [2.45, 2.75) is 44.7 Å². The standard InChI is InChI=1S/C19H27N3O4/c1-13(19(24)22-9-3-4-10-22)20-15-7-8-16(25-2)17(11-15)26-12-18(23)21-14-5-6-14/h7-8,11,13-14,20H,3-6,9-10,12H2,1-2H3,(H,21,23)/t13-/m1/s1.